The number of aryl methyl sites for hydroxylation is 1. The number of aromatic nitrogens is 1. The molecule has 1 unspecified atom stereocenters. The molecule has 0 amide bonds. The van der Waals surface area contributed by atoms with Crippen LogP contribution < -0.4 is 0 Å². The number of benzene rings is 2. The molecule has 0 radical (unpaired) electrons. The van der Waals surface area contributed by atoms with Crippen molar-refractivity contribution in [2.75, 3.05) is 13.7 Å². The second kappa shape index (κ2) is 10.2. The number of esters is 1. The summed E-state index contributed by atoms with van der Waals surface area (Å²) in [5, 5.41) is 1.08. The molecule has 1 aliphatic carbocycles. The monoisotopic (exact) mass is 520 g/mol. The fourth-order valence-electron chi connectivity index (χ4n) is 5.80. The number of hydrogen-bond acceptors (Lipinski definition) is 5. The predicted molar refractivity (Wildman–Crippen MR) is 145 cm³/mol. The Morgan fingerprint density at radius 2 is 1.84 bits per heavy atom. The van der Waals surface area contributed by atoms with Gasteiger partial charge in [0.25, 0.3) is 0 Å². The van der Waals surface area contributed by atoms with Crippen molar-refractivity contribution < 1.29 is 23.5 Å². The molecule has 1 saturated carbocycles. The van der Waals surface area contributed by atoms with Gasteiger partial charge in [-0.25, -0.2) is 14.0 Å². The number of methoxy groups -OCH3 is 1. The van der Waals surface area contributed by atoms with Crippen LogP contribution in [0.15, 0.2) is 36.5 Å². The quantitative estimate of drug-likeness (QED) is 0.331. The molecule has 1 atom stereocenters. The number of nitrogens with zero attached hydrogens (tertiary/aromatic N) is 2. The van der Waals surface area contributed by atoms with Crippen LogP contribution in [-0.4, -0.2) is 40.8 Å². The van der Waals surface area contributed by atoms with E-state index in [4.69, 9.17) is 9.47 Å². The summed E-state index contributed by atoms with van der Waals surface area (Å²) in [5.74, 6) is -0.677. The Bertz CT molecular complexity index is 1380. The maximum atomic E-state index is 14.9. The lowest BCUT2D eigenvalue weighted by Gasteiger charge is -2.37. The minimum atomic E-state index is -0.667. The van der Waals surface area contributed by atoms with Crippen LogP contribution in [0.2, 0.25) is 0 Å². The van der Waals surface area contributed by atoms with Gasteiger partial charge in [0.15, 0.2) is 0 Å². The number of carbonyl (C=O) groups excluding carboxylic acids is 2. The molecule has 1 saturated heterocycles. The van der Waals surface area contributed by atoms with E-state index < -0.39 is 17.4 Å². The zero-order valence-corrected chi connectivity index (χ0v) is 23.0. The summed E-state index contributed by atoms with van der Waals surface area (Å²) in [6.45, 7) is 9.29. The number of ether oxygens (including phenoxy) is 2. The number of likely N-dealkylation sites (tertiary alicyclic amines) is 1. The molecule has 6 nitrogen and oxygen atoms in total. The van der Waals surface area contributed by atoms with E-state index in [1.54, 1.807) is 4.57 Å². The summed E-state index contributed by atoms with van der Waals surface area (Å²) in [4.78, 5) is 27.4. The first-order chi connectivity index (χ1) is 18.1. The first-order valence-electron chi connectivity index (χ1n) is 13.6. The second-order valence-corrected chi connectivity index (χ2v) is 11.7. The molecule has 0 bridgehead atoms. The molecule has 3 aromatic rings. The van der Waals surface area contributed by atoms with Gasteiger partial charge in [-0.3, -0.25) is 9.47 Å². The minimum Gasteiger partial charge on any atom is -0.465 e. The van der Waals surface area contributed by atoms with Crippen LogP contribution in [0, 0.1) is 12.7 Å². The molecule has 2 aromatic carbocycles. The lowest BCUT2D eigenvalue weighted by Crippen LogP contribution is -2.33. The highest BCUT2D eigenvalue weighted by molar-refractivity contribution is 5.94. The van der Waals surface area contributed by atoms with Crippen LogP contribution in [0.25, 0.3) is 10.9 Å². The van der Waals surface area contributed by atoms with Crippen LogP contribution in [0.3, 0.4) is 0 Å². The van der Waals surface area contributed by atoms with E-state index in [2.05, 4.69) is 17.9 Å². The Balaban J connectivity index is 1.53. The Hall–Kier alpha value is -3.19. The lowest BCUT2D eigenvalue weighted by atomic mass is 9.91. The summed E-state index contributed by atoms with van der Waals surface area (Å²) in [6, 6.07) is 9.20. The third-order valence-corrected chi connectivity index (χ3v) is 7.67. The summed E-state index contributed by atoms with van der Waals surface area (Å²) in [7, 11) is 1.26. The normalized spacial score (nSPS) is 18.5. The van der Waals surface area contributed by atoms with Crippen LogP contribution in [-0.2, 0) is 16.0 Å². The third kappa shape index (κ3) is 5.21. The van der Waals surface area contributed by atoms with E-state index in [9.17, 15) is 14.0 Å². The summed E-state index contributed by atoms with van der Waals surface area (Å²) in [6.07, 6.45) is 6.85. The van der Waals surface area contributed by atoms with Crippen molar-refractivity contribution in [3.63, 3.8) is 0 Å². The van der Waals surface area contributed by atoms with Gasteiger partial charge in [0.2, 0.25) is 0 Å². The maximum absolute atomic E-state index is 14.9. The number of halogens is 1. The molecule has 2 heterocycles. The number of piperidine rings is 1. The van der Waals surface area contributed by atoms with E-state index in [1.165, 1.54) is 43.2 Å². The molecule has 1 aromatic heterocycles. The molecular weight excluding hydrogens is 483 g/mol. The van der Waals surface area contributed by atoms with Gasteiger partial charge in [-0.15, -0.1) is 0 Å². The van der Waals surface area contributed by atoms with Crippen LogP contribution in [0.4, 0.5) is 9.18 Å². The zero-order chi connectivity index (χ0) is 27.2. The van der Waals surface area contributed by atoms with Gasteiger partial charge in [-0.2, -0.15) is 0 Å². The first-order valence-corrected chi connectivity index (χ1v) is 13.6. The third-order valence-electron chi connectivity index (χ3n) is 7.67. The average molecular weight is 521 g/mol. The molecule has 2 aliphatic rings. The number of carbonyl (C=O) groups is 2. The highest BCUT2D eigenvalue weighted by Crippen LogP contribution is 2.45. The fraction of sp³-hybridized carbons (Fsp3) is 0.484. The van der Waals surface area contributed by atoms with Crippen molar-refractivity contribution in [3.8, 4) is 0 Å². The minimum absolute atomic E-state index is 0.0429. The molecule has 0 N–H and O–H groups in total. The van der Waals surface area contributed by atoms with Gasteiger partial charge in [0, 0.05) is 24.2 Å². The van der Waals surface area contributed by atoms with Gasteiger partial charge >= 0.3 is 12.1 Å². The SMILES string of the molecule is COC(=O)c1ccc(C2CCCCN2Cc2c(C3CC3)cc(C)c3c2ccn3C(=O)OC(C)(C)C)cc1F. The Morgan fingerprint density at radius 1 is 1.08 bits per heavy atom. The molecule has 202 valence electrons. The van der Waals surface area contributed by atoms with Crippen molar-refractivity contribution in [2.45, 2.75) is 83.9 Å². The number of hydrogen-bond donors (Lipinski definition) is 0. The molecule has 7 heteroatoms. The number of fused-ring (bicyclic) bond motifs is 1. The first kappa shape index (κ1) is 26.4. The molecule has 38 heavy (non-hydrogen) atoms. The van der Waals surface area contributed by atoms with Crippen molar-refractivity contribution in [2.24, 2.45) is 0 Å². The highest BCUT2D eigenvalue weighted by atomic mass is 19.1. The van der Waals surface area contributed by atoms with Gasteiger partial charge in [-0.05, 0) is 106 Å². The van der Waals surface area contributed by atoms with E-state index in [-0.39, 0.29) is 17.7 Å². The smallest absolute Gasteiger partial charge is 0.418 e. The summed E-state index contributed by atoms with van der Waals surface area (Å²) < 4.78 is 26.9. The highest BCUT2D eigenvalue weighted by Gasteiger charge is 2.32. The van der Waals surface area contributed by atoms with Crippen molar-refractivity contribution in [1.82, 2.24) is 9.47 Å². The summed E-state index contributed by atoms with van der Waals surface area (Å²) in [5.41, 5.74) is 4.80. The Labute approximate surface area is 223 Å². The molecule has 0 spiro atoms. The van der Waals surface area contributed by atoms with E-state index >= 15 is 0 Å². The van der Waals surface area contributed by atoms with E-state index in [1.807, 2.05) is 39.1 Å². The fourth-order valence-corrected chi connectivity index (χ4v) is 5.80. The van der Waals surface area contributed by atoms with Crippen LogP contribution >= 0.6 is 0 Å². The zero-order valence-electron chi connectivity index (χ0n) is 23.0. The molecule has 2 fully saturated rings. The number of rotatable bonds is 5. The topological polar surface area (TPSA) is 60.8 Å². The largest absolute Gasteiger partial charge is 0.465 e. The Kier molecular flexibility index (Phi) is 7.07. The maximum Gasteiger partial charge on any atom is 0.418 e. The van der Waals surface area contributed by atoms with Gasteiger partial charge in [-0.1, -0.05) is 18.6 Å². The van der Waals surface area contributed by atoms with Gasteiger partial charge in [0.05, 0.1) is 18.2 Å². The molecule has 5 rings (SSSR count). The lowest BCUT2D eigenvalue weighted by molar-refractivity contribution is 0.0542. The molecule has 1 aliphatic heterocycles. The van der Waals surface area contributed by atoms with Gasteiger partial charge < -0.3 is 9.47 Å². The Morgan fingerprint density at radius 3 is 2.50 bits per heavy atom. The van der Waals surface area contributed by atoms with Crippen molar-refractivity contribution >= 4 is 23.0 Å². The van der Waals surface area contributed by atoms with Crippen LogP contribution in [0.5, 0.6) is 0 Å². The standard InChI is InChI=1S/C31H37FN2O4/c1-19-16-24(20-9-10-20)25(22-13-15-34(28(19)22)30(36)38-31(2,3)4)18-33-14-7-6-8-27(33)21-11-12-23(26(32)17-21)29(35)37-5/h11-13,15-17,20,27H,6-10,14,18H2,1-5H3. The van der Waals surface area contributed by atoms with Gasteiger partial charge in [0.1, 0.15) is 11.4 Å². The predicted octanol–water partition coefficient (Wildman–Crippen LogP) is 7.26. The average Bonchev–Trinajstić information content (AvgIpc) is 3.61. The summed E-state index contributed by atoms with van der Waals surface area (Å²) >= 11 is 0. The second-order valence-electron chi connectivity index (χ2n) is 11.7. The van der Waals surface area contributed by atoms with E-state index in [0.717, 1.165) is 47.8 Å². The van der Waals surface area contributed by atoms with Crippen molar-refractivity contribution in [1.29, 1.82) is 0 Å². The molecular formula is C31H37FN2O4. The van der Waals surface area contributed by atoms with E-state index in [0.29, 0.717) is 12.5 Å². The van der Waals surface area contributed by atoms with Crippen LogP contribution in [0.1, 0.15) is 97.4 Å². The van der Waals surface area contributed by atoms with Crippen molar-refractivity contribution in [3.05, 3.63) is 70.2 Å².